The minimum Gasteiger partial charge on any atom is -0.491 e. The van der Waals surface area contributed by atoms with Crippen LogP contribution in [-0.4, -0.2) is 31.1 Å². The third-order valence-electron chi connectivity index (χ3n) is 4.12. The van der Waals surface area contributed by atoms with Gasteiger partial charge in [0.05, 0.1) is 19.3 Å². The van der Waals surface area contributed by atoms with Crippen molar-refractivity contribution in [3.8, 4) is 5.75 Å². The number of hydrogen-bond acceptors (Lipinski definition) is 4. The number of nitrogens with zero attached hydrogens (tertiary/aromatic N) is 2. The lowest BCUT2D eigenvalue weighted by molar-refractivity contribution is 0.317. The first-order valence-electron chi connectivity index (χ1n) is 9.42. The van der Waals surface area contributed by atoms with E-state index in [-0.39, 0.29) is 29.4 Å². The summed E-state index contributed by atoms with van der Waals surface area (Å²) >= 11 is 0. The average molecular weight is 500 g/mol. The summed E-state index contributed by atoms with van der Waals surface area (Å²) in [5.74, 6) is 3.57. The second kappa shape index (κ2) is 11.3. The smallest absolute Gasteiger partial charge is 0.213 e. The Morgan fingerprint density at radius 2 is 1.93 bits per heavy atom. The van der Waals surface area contributed by atoms with Gasteiger partial charge in [0.2, 0.25) is 5.89 Å². The lowest BCUT2D eigenvalue weighted by Crippen LogP contribution is -2.39. The van der Waals surface area contributed by atoms with E-state index in [9.17, 15) is 0 Å². The number of aromatic nitrogens is 1. The Morgan fingerprint density at radius 3 is 2.54 bits per heavy atom. The lowest BCUT2D eigenvalue weighted by atomic mass is 9.94. The molecule has 0 unspecified atom stereocenters. The molecule has 0 radical (unpaired) electrons. The minimum absolute atomic E-state index is 0. The van der Waals surface area contributed by atoms with Gasteiger partial charge in [-0.15, -0.1) is 24.0 Å². The zero-order chi connectivity index (χ0) is 19.9. The van der Waals surface area contributed by atoms with Crippen molar-refractivity contribution < 1.29 is 9.15 Å². The third-order valence-corrected chi connectivity index (χ3v) is 4.12. The third kappa shape index (κ3) is 7.33. The number of ether oxygens (including phenoxy) is 1. The molecule has 2 N–H and O–H groups in total. The fourth-order valence-corrected chi connectivity index (χ4v) is 2.54. The zero-order valence-corrected chi connectivity index (χ0v) is 20.0. The predicted molar refractivity (Wildman–Crippen MR) is 125 cm³/mol. The van der Waals surface area contributed by atoms with Gasteiger partial charge in [0.15, 0.2) is 5.96 Å². The van der Waals surface area contributed by atoms with E-state index in [4.69, 9.17) is 9.15 Å². The molecule has 0 aliphatic heterocycles. The van der Waals surface area contributed by atoms with Gasteiger partial charge in [-0.2, -0.15) is 0 Å². The number of halogens is 1. The molecule has 0 aliphatic rings. The van der Waals surface area contributed by atoms with E-state index >= 15 is 0 Å². The normalized spacial score (nSPS) is 11.9. The summed E-state index contributed by atoms with van der Waals surface area (Å²) in [7, 11) is 1.74. The molecule has 1 heterocycles. The molecule has 0 spiro atoms. The molecule has 0 atom stereocenters. The van der Waals surface area contributed by atoms with Crippen LogP contribution in [0.15, 0.2) is 39.9 Å². The van der Waals surface area contributed by atoms with Crippen LogP contribution in [0, 0.1) is 0 Å². The molecule has 1 aromatic carbocycles. The molecule has 0 fully saturated rings. The molecular weight excluding hydrogens is 467 g/mol. The molecule has 2 aromatic rings. The Labute approximate surface area is 185 Å². The quantitative estimate of drug-likeness (QED) is 0.254. The summed E-state index contributed by atoms with van der Waals surface area (Å²) in [4.78, 5) is 8.53. The molecule has 6 nitrogen and oxygen atoms in total. The molecule has 7 heteroatoms. The number of rotatable bonds is 7. The number of guanidine groups is 1. The average Bonchev–Trinajstić information content (AvgIpc) is 3.11. The van der Waals surface area contributed by atoms with Gasteiger partial charge in [0.1, 0.15) is 18.1 Å². The second-order valence-corrected chi connectivity index (χ2v) is 7.76. The molecule has 0 aliphatic carbocycles. The lowest BCUT2D eigenvalue weighted by Gasteiger charge is -2.15. The van der Waals surface area contributed by atoms with E-state index < -0.39 is 0 Å². The number of benzene rings is 1. The van der Waals surface area contributed by atoms with Crippen LogP contribution in [-0.2, 0) is 12.0 Å². The van der Waals surface area contributed by atoms with Crippen molar-refractivity contribution in [3.63, 3.8) is 0 Å². The van der Waals surface area contributed by atoms with Crippen LogP contribution in [0.1, 0.15) is 57.8 Å². The first-order valence-corrected chi connectivity index (χ1v) is 9.42. The molecule has 0 saturated carbocycles. The van der Waals surface area contributed by atoms with Gasteiger partial charge in [-0.3, -0.25) is 4.99 Å². The van der Waals surface area contributed by atoms with Gasteiger partial charge in [-0.05, 0) is 17.5 Å². The predicted octanol–water partition coefficient (Wildman–Crippen LogP) is 4.46. The van der Waals surface area contributed by atoms with E-state index in [2.05, 4.69) is 61.3 Å². The van der Waals surface area contributed by atoms with Crippen molar-refractivity contribution in [1.29, 1.82) is 0 Å². The maximum Gasteiger partial charge on any atom is 0.213 e. The Morgan fingerprint density at radius 1 is 1.21 bits per heavy atom. The summed E-state index contributed by atoms with van der Waals surface area (Å²) in [6.07, 6.45) is 1.78. The minimum atomic E-state index is -0.0468. The first kappa shape index (κ1) is 24.3. The van der Waals surface area contributed by atoms with Crippen molar-refractivity contribution in [2.75, 3.05) is 20.2 Å². The van der Waals surface area contributed by atoms with Crippen LogP contribution in [0.25, 0.3) is 0 Å². The number of para-hydroxylation sites is 1. The topological polar surface area (TPSA) is 71.7 Å². The van der Waals surface area contributed by atoms with E-state index in [1.54, 1.807) is 13.2 Å². The van der Waals surface area contributed by atoms with Crippen molar-refractivity contribution in [2.24, 2.45) is 4.99 Å². The van der Waals surface area contributed by atoms with Crippen LogP contribution in [0.5, 0.6) is 5.75 Å². The van der Waals surface area contributed by atoms with Gasteiger partial charge in [-0.25, -0.2) is 4.98 Å². The van der Waals surface area contributed by atoms with Gasteiger partial charge in [0.25, 0.3) is 0 Å². The monoisotopic (exact) mass is 500 g/mol. The van der Waals surface area contributed by atoms with Crippen LogP contribution < -0.4 is 15.4 Å². The summed E-state index contributed by atoms with van der Waals surface area (Å²) in [5.41, 5.74) is 1.17. The number of aliphatic imine (C=N–C) groups is 1. The van der Waals surface area contributed by atoms with Crippen molar-refractivity contribution in [3.05, 3.63) is 47.7 Å². The van der Waals surface area contributed by atoms with E-state index in [1.807, 2.05) is 18.2 Å². The van der Waals surface area contributed by atoms with Gasteiger partial charge >= 0.3 is 0 Å². The zero-order valence-electron chi connectivity index (χ0n) is 17.7. The van der Waals surface area contributed by atoms with Crippen LogP contribution in [0.4, 0.5) is 0 Å². The summed E-state index contributed by atoms with van der Waals surface area (Å²) < 4.78 is 11.7. The number of oxazole rings is 1. The first-order chi connectivity index (χ1) is 12.8. The van der Waals surface area contributed by atoms with Gasteiger partial charge < -0.3 is 19.8 Å². The Balaban J connectivity index is 0.00000392. The highest BCUT2D eigenvalue weighted by molar-refractivity contribution is 14.0. The SMILES string of the molecule is CN=C(NCCOc1ccccc1C(C)C)NCc1ncc(C(C)(C)C)o1.I. The summed E-state index contributed by atoms with van der Waals surface area (Å²) in [5, 5.41) is 6.45. The van der Waals surface area contributed by atoms with E-state index in [0.717, 1.165) is 11.5 Å². The maximum absolute atomic E-state index is 5.92. The molecule has 0 saturated heterocycles. The number of hydrogen-bond donors (Lipinski definition) is 2. The fraction of sp³-hybridized carbons (Fsp3) is 0.524. The largest absolute Gasteiger partial charge is 0.491 e. The highest BCUT2D eigenvalue weighted by Crippen LogP contribution is 2.25. The van der Waals surface area contributed by atoms with E-state index in [1.165, 1.54) is 5.56 Å². The fourth-order valence-electron chi connectivity index (χ4n) is 2.54. The van der Waals surface area contributed by atoms with E-state index in [0.29, 0.717) is 37.5 Å². The standard InChI is InChI=1S/C21H32N4O2.HI/c1-15(2)16-9-7-8-10-17(16)26-12-11-23-20(22-6)25-14-19-24-13-18(27-19)21(3,4)5;/h7-10,13,15H,11-12,14H2,1-6H3,(H2,22,23,25);1H. The Bertz CT molecular complexity index is 751. The van der Waals surface area contributed by atoms with Gasteiger partial charge in [-0.1, -0.05) is 52.8 Å². The Hall–Kier alpha value is -1.77. The molecule has 156 valence electrons. The molecule has 0 amide bonds. The summed E-state index contributed by atoms with van der Waals surface area (Å²) in [6, 6.07) is 8.16. The maximum atomic E-state index is 5.92. The van der Waals surface area contributed by atoms with Crippen LogP contribution in [0.3, 0.4) is 0 Å². The van der Waals surface area contributed by atoms with Crippen molar-refractivity contribution in [2.45, 2.75) is 52.5 Å². The molecule has 2 rings (SSSR count). The van der Waals surface area contributed by atoms with Crippen LogP contribution >= 0.6 is 24.0 Å². The summed E-state index contributed by atoms with van der Waals surface area (Å²) in [6.45, 7) is 12.3. The number of nitrogens with one attached hydrogen (secondary N) is 2. The Kier molecular flexibility index (Phi) is 9.78. The molecule has 28 heavy (non-hydrogen) atoms. The highest BCUT2D eigenvalue weighted by atomic mass is 127. The highest BCUT2D eigenvalue weighted by Gasteiger charge is 2.19. The van der Waals surface area contributed by atoms with Crippen LogP contribution in [0.2, 0.25) is 0 Å². The molecule has 1 aromatic heterocycles. The van der Waals surface area contributed by atoms with Gasteiger partial charge in [0, 0.05) is 12.5 Å². The molecular formula is C21H33IN4O2. The second-order valence-electron chi connectivity index (χ2n) is 7.76. The molecule has 0 bridgehead atoms. The van der Waals surface area contributed by atoms with Crippen molar-refractivity contribution >= 4 is 29.9 Å². The van der Waals surface area contributed by atoms with Crippen molar-refractivity contribution in [1.82, 2.24) is 15.6 Å².